The first-order valence-corrected chi connectivity index (χ1v) is 5.68. The highest BCUT2D eigenvalue weighted by Crippen LogP contribution is 2.12. The second kappa shape index (κ2) is 6.08. The zero-order valence-electron chi connectivity index (χ0n) is 9.95. The Balaban J connectivity index is 2.19. The Hall–Kier alpha value is -0.610. The minimum atomic E-state index is 0.138. The van der Waals surface area contributed by atoms with Crippen LogP contribution in [0, 0.1) is 0 Å². The Morgan fingerprint density at radius 1 is 1.60 bits per heavy atom. The molecule has 0 aliphatic carbocycles. The molecule has 4 nitrogen and oxygen atoms in total. The topological polar surface area (TPSA) is 41.6 Å². The van der Waals surface area contributed by atoms with Crippen LogP contribution in [0.3, 0.4) is 0 Å². The van der Waals surface area contributed by atoms with Gasteiger partial charge < -0.3 is 15.0 Å². The molecule has 1 unspecified atom stereocenters. The Labute approximate surface area is 92.0 Å². The highest BCUT2D eigenvalue weighted by Gasteiger charge is 2.19. The summed E-state index contributed by atoms with van der Waals surface area (Å²) in [7, 11) is 1.84. The van der Waals surface area contributed by atoms with E-state index in [2.05, 4.69) is 5.32 Å². The van der Waals surface area contributed by atoms with E-state index < -0.39 is 0 Å². The molecule has 0 aromatic heterocycles. The van der Waals surface area contributed by atoms with E-state index in [9.17, 15) is 4.79 Å². The van der Waals surface area contributed by atoms with E-state index in [0.717, 1.165) is 26.0 Å². The van der Waals surface area contributed by atoms with Crippen molar-refractivity contribution in [3.05, 3.63) is 0 Å². The first-order valence-electron chi connectivity index (χ1n) is 5.68. The number of nitrogens with zero attached hydrogens (tertiary/aromatic N) is 1. The summed E-state index contributed by atoms with van der Waals surface area (Å²) in [6.07, 6.45) is 2.45. The van der Waals surface area contributed by atoms with Crippen LogP contribution in [-0.2, 0) is 9.53 Å². The number of hydrogen-bond donors (Lipinski definition) is 1. The third kappa shape index (κ3) is 4.62. The van der Waals surface area contributed by atoms with Gasteiger partial charge in [0.2, 0.25) is 5.91 Å². The van der Waals surface area contributed by atoms with E-state index in [-0.39, 0.29) is 12.0 Å². The number of hydrogen-bond acceptors (Lipinski definition) is 3. The molecular weight excluding hydrogens is 192 g/mol. The summed E-state index contributed by atoms with van der Waals surface area (Å²) in [6.45, 7) is 6.05. The van der Waals surface area contributed by atoms with Gasteiger partial charge in [-0.05, 0) is 12.8 Å². The molecule has 1 atom stereocenters. The smallest absolute Gasteiger partial charge is 0.236 e. The molecule has 1 heterocycles. The Morgan fingerprint density at radius 2 is 2.33 bits per heavy atom. The van der Waals surface area contributed by atoms with Gasteiger partial charge in [-0.2, -0.15) is 0 Å². The van der Waals surface area contributed by atoms with Gasteiger partial charge in [0.25, 0.3) is 0 Å². The number of amides is 1. The highest BCUT2D eigenvalue weighted by atomic mass is 16.5. The van der Waals surface area contributed by atoms with Crippen LogP contribution < -0.4 is 5.32 Å². The van der Waals surface area contributed by atoms with Gasteiger partial charge in [-0.25, -0.2) is 0 Å². The number of carbonyl (C=O) groups excluding carboxylic acids is 1. The Bertz CT molecular complexity index is 201. The average Bonchev–Trinajstić information content (AvgIpc) is 2.66. The molecule has 0 spiro atoms. The monoisotopic (exact) mass is 214 g/mol. The molecule has 1 saturated heterocycles. The molecule has 4 heteroatoms. The molecule has 1 aliphatic rings. The summed E-state index contributed by atoms with van der Waals surface area (Å²) in [5.74, 6) is 0.138. The van der Waals surface area contributed by atoms with Crippen molar-refractivity contribution in [3.63, 3.8) is 0 Å². The molecule has 0 radical (unpaired) electrons. The van der Waals surface area contributed by atoms with E-state index in [0.29, 0.717) is 12.6 Å². The van der Waals surface area contributed by atoms with Crippen molar-refractivity contribution in [1.29, 1.82) is 0 Å². The Kier molecular flexibility index (Phi) is 5.05. The SMILES string of the molecule is CC(C)NCC(=O)N(C)CC1CCCO1. The van der Waals surface area contributed by atoms with Crippen LogP contribution in [0.25, 0.3) is 0 Å². The lowest BCUT2D eigenvalue weighted by atomic mass is 10.2. The van der Waals surface area contributed by atoms with E-state index in [1.54, 1.807) is 4.90 Å². The molecule has 0 aromatic rings. The van der Waals surface area contributed by atoms with Gasteiger partial charge in [0.15, 0.2) is 0 Å². The molecule has 15 heavy (non-hydrogen) atoms. The summed E-state index contributed by atoms with van der Waals surface area (Å²) < 4.78 is 5.49. The summed E-state index contributed by atoms with van der Waals surface area (Å²) >= 11 is 0. The molecule has 0 aromatic carbocycles. The van der Waals surface area contributed by atoms with Gasteiger partial charge in [-0.1, -0.05) is 13.8 Å². The lowest BCUT2D eigenvalue weighted by Gasteiger charge is -2.21. The molecule has 0 bridgehead atoms. The fraction of sp³-hybridized carbons (Fsp3) is 0.909. The van der Waals surface area contributed by atoms with E-state index in [1.807, 2.05) is 20.9 Å². The van der Waals surface area contributed by atoms with Crippen molar-refractivity contribution in [2.75, 3.05) is 26.7 Å². The van der Waals surface area contributed by atoms with Gasteiger partial charge >= 0.3 is 0 Å². The fourth-order valence-electron chi connectivity index (χ4n) is 1.62. The van der Waals surface area contributed by atoms with Crippen molar-refractivity contribution in [1.82, 2.24) is 10.2 Å². The molecular formula is C11H22N2O2. The predicted octanol–water partition coefficient (Wildman–Crippen LogP) is 0.622. The Morgan fingerprint density at radius 3 is 2.87 bits per heavy atom. The van der Waals surface area contributed by atoms with Crippen LogP contribution in [0.5, 0.6) is 0 Å². The van der Waals surface area contributed by atoms with Crippen molar-refractivity contribution < 1.29 is 9.53 Å². The maximum absolute atomic E-state index is 11.6. The minimum absolute atomic E-state index is 0.138. The number of ether oxygens (including phenoxy) is 1. The van der Waals surface area contributed by atoms with Crippen molar-refractivity contribution in [2.24, 2.45) is 0 Å². The van der Waals surface area contributed by atoms with Crippen LogP contribution in [0.15, 0.2) is 0 Å². The molecule has 1 rings (SSSR count). The van der Waals surface area contributed by atoms with Crippen LogP contribution >= 0.6 is 0 Å². The zero-order valence-corrected chi connectivity index (χ0v) is 9.95. The number of carbonyl (C=O) groups is 1. The minimum Gasteiger partial charge on any atom is -0.376 e. The van der Waals surface area contributed by atoms with Crippen LogP contribution in [0.1, 0.15) is 26.7 Å². The highest BCUT2D eigenvalue weighted by molar-refractivity contribution is 5.78. The number of nitrogens with one attached hydrogen (secondary N) is 1. The van der Waals surface area contributed by atoms with Crippen LogP contribution in [0.4, 0.5) is 0 Å². The van der Waals surface area contributed by atoms with Crippen LogP contribution in [-0.4, -0.2) is 49.7 Å². The van der Waals surface area contributed by atoms with Crippen molar-refractivity contribution in [2.45, 2.75) is 38.8 Å². The largest absolute Gasteiger partial charge is 0.376 e. The van der Waals surface area contributed by atoms with E-state index in [1.165, 1.54) is 0 Å². The second-order valence-electron chi connectivity index (χ2n) is 4.44. The zero-order chi connectivity index (χ0) is 11.3. The molecule has 1 amide bonds. The second-order valence-corrected chi connectivity index (χ2v) is 4.44. The summed E-state index contributed by atoms with van der Waals surface area (Å²) in [5, 5.41) is 3.12. The number of rotatable bonds is 5. The fourth-order valence-corrected chi connectivity index (χ4v) is 1.62. The predicted molar refractivity (Wildman–Crippen MR) is 59.7 cm³/mol. The molecule has 88 valence electrons. The molecule has 0 saturated carbocycles. The van der Waals surface area contributed by atoms with Gasteiger partial charge in [-0.15, -0.1) is 0 Å². The lowest BCUT2D eigenvalue weighted by molar-refractivity contribution is -0.130. The third-order valence-electron chi connectivity index (χ3n) is 2.59. The van der Waals surface area contributed by atoms with Crippen molar-refractivity contribution in [3.8, 4) is 0 Å². The van der Waals surface area contributed by atoms with Gasteiger partial charge in [-0.3, -0.25) is 4.79 Å². The summed E-state index contributed by atoms with van der Waals surface area (Å²) in [6, 6.07) is 0.352. The van der Waals surface area contributed by atoms with Crippen LogP contribution in [0.2, 0.25) is 0 Å². The lowest BCUT2D eigenvalue weighted by Crippen LogP contribution is -2.41. The van der Waals surface area contributed by atoms with E-state index in [4.69, 9.17) is 4.74 Å². The maximum Gasteiger partial charge on any atom is 0.236 e. The first-order chi connectivity index (χ1) is 7.09. The maximum atomic E-state index is 11.6. The summed E-state index contributed by atoms with van der Waals surface area (Å²) in [4.78, 5) is 13.4. The van der Waals surface area contributed by atoms with Crippen molar-refractivity contribution >= 4 is 5.91 Å². The van der Waals surface area contributed by atoms with E-state index >= 15 is 0 Å². The third-order valence-corrected chi connectivity index (χ3v) is 2.59. The quantitative estimate of drug-likeness (QED) is 0.729. The summed E-state index contributed by atoms with van der Waals surface area (Å²) in [5.41, 5.74) is 0. The van der Waals surface area contributed by atoms with Gasteiger partial charge in [0.05, 0.1) is 12.6 Å². The molecule has 1 fully saturated rings. The average molecular weight is 214 g/mol. The number of likely N-dealkylation sites (N-methyl/N-ethyl adjacent to an activating group) is 1. The standard InChI is InChI=1S/C11H22N2O2/c1-9(2)12-7-11(14)13(3)8-10-5-4-6-15-10/h9-10,12H,4-8H2,1-3H3. The first kappa shape index (κ1) is 12.5. The normalized spacial score (nSPS) is 20.9. The van der Waals surface area contributed by atoms with Gasteiger partial charge in [0, 0.05) is 26.2 Å². The molecule has 1 N–H and O–H groups in total. The molecule has 1 aliphatic heterocycles. The van der Waals surface area contributed by atoms with Gasteiger partial charge in [0.1, 0.15) is 0 Å².